The first-order chi connectivity index (χ1) is 10.8. The minimum Gasteiger partial charge on any atom is -0.294 e. The van der Waals surface area contributed by atoms with E-state index in [1.807, 2.05) is 12.1 Å². The topological polar surface area (TPSA) is 63.2 Å². The van der Waals surface area contributed by atoms with Crippen molar-refractivity contribution < 1.29 is 8.42 Å². The van der Waals surface area contributed by atoms with E-state index in [-0.39, 0.29) is 5.16 Å². The highest BCUT2D eigenvalue weighted by molar-refractivity contribution is 7.90. The lowest BCUT2D eigenvalue weighted by molar-refractivity contribution is 0.242. The van der Waals surface area contributed by atoms with Gasteiger partial charge in [0.25, 0.3) is 0 Å². The Labute approximate surface area is 145 Å². The highest BCUT2D eigenvalue weighted by Crippen LogP contribution is 2.28. The smallest absolute Gasteiger partial charge is 0.246 e. The van der Waals surface area contributed by atoms with Crippen LogP contribution in [-0.2, 0) is 29.3 Å². The van der Waals surface area contributed by atoms with Crippen LogP contribution in [0, 0.1) is 0 Å². The van der Waals surface area contributed by atoms with E-state index >= 15 is 0 Å². The molecule has 1 aliphatic heterocycles. The summed E-state index contributed by atoms with van der Waals surface area (Å²) in [6, 6.07) is 5.59. The summed E-state index contributed by atoms with van der Waals surface area (Å²) in [5.74, 6) is 0. The molecule has 1 aliphatic rings. The lowest BCUT2D eigenvalue weighted by Crippen LogP contribution is -2.31. The number of sulfone groups is 1. The molecule has 0 saturated carbocycles. The van der Waals surface area contributed by atoms with E-state index in [1.165, 1.54) is 0 Å². The molecule has 0 atom stereocenters. The van der Waals surface area contributed by atoms with Crippen LogP contribution in [0.1, 0.15) is 16.8 Å². The molecule has 0 N–H and O–H groups in total. The molecule has 8 heteroatoms. The number of hydrogen-bond donors (Lipinski definition) is 0. The minimum absolute atomic E-state index is 0.109. The van der Waals surface area contributed by atoms with Crippen LogP contribution in [0.15, 0.2) is 29.6 Å². The Hall–Kier alpha value is -1.21. The van der Waals surface area contributed by atoms with Crippen LogP contribution in [0.5, 0.6) is 0 Å². The normalized spacial score (nSPS) is 15.4. The van der Waals surface area contributed by atoms with Crippen LogP contribution >= 0.6 is 23.2 Å². The van der Waals surface area contributed by atoms with Gasteiger partial charge in [-0.2, -0.15) is 0 Å². The van der Waals surface area contributed by atoms with E-state index in [4.69, 9.17) is 23.2 Å². The zero-order valence-corrected chi connectivity index (χ0v) is 14.8. The van der Waals surface area contributed by atoms with Crippen LogP contribution in [-0.4, -0.2) is 36.1 Å². The van der Waals surface area contributed by atoms with Gasteiger partial charge in [-0.05, 0) is 11.6 Å². The van der Waals surface area contributed by atoms with Gasteiger partial charge in [-0.1, -0.05) is 35.3 Å². The van der Waals surface area contributed by atoms with Gasteiger partial charge in [0.05, 0.1) is 15.7 Å². The zero-order valence-electron chi connectivity index (χ0n) is 12.5. The van der Waals surface area contributed by atoms with Gasteiger partial charge in [-0.25, -0.2) is 18.4 Å². The first-order valence-corrected chi connectivity index (χ1v) is 9.69. The molecule has 3 rings (SSSR count). The average molecular weight is 372 g/mol. The second kappa shape index (κ2) is 6.36. The van der Waals surface area contributed by atoms with Crippen molar-refractivity contribution in [2.24, 2.45) is 0 Å². The van der Waals surface area contributed by atoms with Crippen LogP contribution in [0.25, 0.3) is 0 Å². The molecule has 0 bridgehead atoms. The van der Waals surface area contributed by atoms with E-state index in [1.54, 1.807) is 12.3 Å². The van der Waals surface area contributed by atoms with Crippen molar-refractivity contribution in [3.8, 4) is 0 Å². The van der Waals surface area contributed by atoms with Gasteiger partial charge in [0, 0.05) is 44.1 Å². The maximum absolute atomic E-state index is 11.5. The number of fused-ring (bicyclic) bond motifs is 1. The molecule has 0 aliphatic carbocycles. The Kier molecular flexibility index (Phi) is 4.60. The quantitative estimate of drug-likeness (QED) is 0.776. The van der Waals surface area contributed by atoms with E-state index < -0.39 is 9.84 Å². The Morgan fingerprint density at radius 2 is 2.09 bits per heavy atom. The van der Waals surface area contributed by atoms with Crippen LogP contribution < -0.4 is 0 Å². The summed E-state index contributed by atoms with van der Waals surface area (Å²) in [4.78, 5) is 10.4. The van der Waals surface area contributed by atoms with Gasteiger partial charge in [0.1, 0.15) is 0 Å². The maximum Gasteiger partial charge on any atom is 0.246 e. The summed E-state index contributed by atoms with van der Waals surface area (Å²) < 4.78 is 23.1. The van der Waals surface area contributed by atoms with Crippen molar-refractivity contribution in [3.05, 3.63) is 51.3 Å². The number of halogens is 2. The number of rotatable bonds is 3. The summed E-state index contributed by atoms with van der Waals surface area (Å²) in [5.41, 5.74) is 2.71. The third-order valence-electron chi connectivity index (χ3n) is 3.75. The molecule has 0 fully saturated rings. The molecule has 122 valence electrons. The fourth-order valence-electron chi connectivity index (χ4n) is 2.58. The van der Waals surface area contributed by atoms with Gasteiger partial charge in [-0.3, -0.25) is 4.90 Å². The van der Waals surface area contributed by atoms with Gasteiger partial charge < -0.3 is 0 Å². The monoisotopic (exact) mass is 371 g/mol. The number of aromatic nitrogens is 2. The minimum atomic E-state index is -3.38. The van der Waals surface area contributed by atoms with Crippen molar-refractivity contribution in [3.63, 3.8) is 0 Å². The average Bonchev–Trinajstić information content (AvgIpc) is 2.50. The molecule has 23 heavy (non-hydrogen) atoms. The molecule has 0 saturated heterocycles. The molecule has 1 aromatic carbocycles. The molecule has 0 radical (unpaired) electrons. The number of hydrogen-bond acceptors (Lipinski definition) is 5. The van der Waals surface area contributed by atoms with Crippen molar-refractivity contribution in [2.75, 3.05) is 12.8 Å². The molecule has 2 aromatic rings. The highest BCUT2D eigenvalue weighted by Gasteiger charge is 2.21. The third kappa shape index (κ3) is 3.66. The fraction of sp³-hybridized carbons (Fsp3) is 0.333. The fourth-order valence-corrected chi connectivity index (χ4v) is 3.48. The van der Waals surface area contributed by atoms with Crippen molar-refractivity contribution in [2.45, 2.75) is 24.7 Å². The summed E-state index contributed by atoms with van der Waals surface area (Å²) in [5, 5.41) is 1.01. The standard InChI is InChI=1S/C15H15Cl2N3O2S/c1-23(21,22)15-18-7-11-9-20(6-5-13(11)19-15)8-10-3-2-4-12(16)14(10)17/h2-4,7H,5-6,8-9H2,1H3. The van der Waals surface area contributed by atoms with Gasteiger partial charge in [-0.15, -0.1) is 0 Å². The van der Waals surface area contributed by atoms with Crippen LogP contribution in [0.2, 0.25) is 10.0 Å². The first kappa shape index (κ1) is 16.6. The maximum atomic E-state index is 11.5. The summed E-state index contributed by atoms with van der Waals surface area (Å²) >= 11 is 12.3. The van der Waals surface area contributed by atoms with Crippen molar-refractivity contribution in [1.29, 1.82) is 0 Å². The molecule has 0 spiro atoms. The third-order valence-corrected chi connectivity index (χ3v) is 5.47. The molecular formula is C15H15Cl2N3O2S. The van der Waals surface area contributed by atoms with Gasteiger partial charge >= 0.3 is 0 Å². The van der Waals surface area contributed by atoms with Crippen LogP contribution in [0.3, 0.4) is 0 Å². The summed E-state index contributed by atoms with van der Waals surface area (Å²) in [7, 11) is -3.38. The second-order valence-corrected chi connectivity index (χ2v) is 8.26. The Balaban J connectivity index is 1.80. The molecule has 5 nitrogen and oxygen atoms in total. The molecule has 0 unspecified atom stereocenters. The van der Waals surface area contributed by atoms with E-state index in [2.05, 4.69) is 14.9 Å². The van der Waals surface area contributed by atoms with E-state index in [0.717, 1.165) is 29.6 Å². The SMILES string of the molecule is CS(=O)(=O)c1ncc2c(n1)CCN(Cc1cccc(Cl)c1Cl)C2. The van der Waals surface area contributed by atoms with Crippen molar-refractivity contribution in [1.82, 2.24) is 14.9 Å². The Morgan fingerprint density at radius 3 is 2.83 bits per heavy atom. The number of benzene rings is 1. The lowest BCUT2D eigenvalue weighted by Gasteiger charge is -2.28. The second-order valence-electron chi connectivity index (χ2n) is 5.57. The Bertz CT molecular complexity index is 856. The van der Waals surface area contributed by atoms with Crippen molar-refractivity contribution >= 4 is 33.0 Å². The molecule has 2 heterocycles. The largest absolute Gasteiger partial charge is 0.294 e. The summed E-state index contributed by atoms with van der Waals surface area (Å²) in [6.07, 6.45) is 3.40. The molecular weight excluding hydrogens is 357 g/mol. The van der Waals surface area contributed by atoms with Gasteiger partial charge in [0.15, 0.2) is 0 Å². The Morgan fingerprint density at radius 1 is 1.30 bits per heavy atom. The number of nitrogens with zero attached hydrogens (tertiary/aromatic N) is 3. The summed E-state index contributed by atoms with van der Waals surface area (Å²) in [6.45, 7) is 2.10. The predicted molar refractivity (Wildman–Crippen MR) is 89.4 cm³/mol. The van der Waals surface area contributed by atoms with E-state index in [9.17, 15) is 8.42 Å². The first-order valence-electron chi connectivity index (χ1n) is 7.04. The van der Waals surface area contributed by atoms with Gasteiger partial charge in [0.2, 0.25) is 15.0 Å². The highest BCUT2D eigenvalue weighted by atomic mass is 35.5. The lowest BCUT2D eigenvalue weighted by atomic mass is 10.1. The van der Waals surface area contributed by atoms with Crippen LogP contribution in [0.4, 0.5) is 0 Å². The molecule has 0 amide bonds. The van der Waals surface area contributed by atoms with E-state index in [0.29, 0.717) is 29.6 Å². The zero-order chi connectivity index (χ0) is 16.6. The predicted octanol–water partition coefficient (Wildman–Crippen LogP) is 2.75. The molecule has 1 aromatic heterocycles.